The molecule has 0 atom stereocenters. The minimum atomic E-state index is -0.197. The van der Waals surface area contributed by atoms with Crippen LogP contribution in [-0.2, 0) is 0 Å². The minimum Gasteiger partial charge on any atom is -0.298 e. The van der Waals surface area contributed by atoms with Crippen molar-refractivity contribution in [2.45, 2.75) is 6.92 Å². The number of carbonyl (C=O) groups excluding carboxylic acids is 1. The molecule has 0 saturated carbocycles. The van der Waals surface area contributed by atoms with Crippen LogP contribution in [0.3, 0.4) is 0 Å². The molecule has 0 aliphatic carbocycles. The van der Waals surface area contributed by atoms with Crippen LogP contribution in [-0.4, -0.2) is 15.9 Å². The predicted molar refractivity (Wildman–Crippen MR) is 145 cm³/mol. The Labute approximate surface area is 206 Å². The monoisotopic (exact) mass is 471 g/mol. The predicted octanol–water partition coefficient (Wildman–Crippen LogP) is 7.74. The van der Waals surface area contributed by atoms with Gasteiger partial charge < -0.3 is 0 Å². The first-order valence-electron chi connectivity index (χ1n) is 11.4. The fourth-order valence-electron chi connectivity index (χ4n) is 4.29. The molecule has 168 valence electrons. The van der Waals surface area contributed by atoms with E-state index in [0.717, 1.165) is 44.4 Å². The van der Waals surface area contributed by atoms with Crippen LogP contribution in [0.4, 0.5) is 5.13 Å². The molecule has 0 aliphatic heterocycles. The van der Waals surface area contributed by atoms with Gasteiger partial charge in [0.25, 0.3) is 5.91 Å². The summed E-state index contributed by atoms with van der Waals surface area (Å²) in [5.41, 5.74) is 6.13. The third-order valence-corrected chi connectivity index (χ3v) is 6.80. The fourth-order valence-corrected chi connectivity index (χ4v) is 5.01. The number of amides is 1. The number of para-hydroxylation sites is 1. The molecular formula is C30H21N3OS. The minimum absolute atomic E-state index is 0.197. The van der Waals surface area contributed by atoms with Crippen LogP contribution < -0.4 is 5.32 Å². The van der Waals surface area contributed by atoms with Gasteiger partial charge in [0.15, 0.2) is 5.13 Å². The number of aromatic nitrogens is 2. The van der Waals surface area contributed by atoms with Crippen molar-refractivity contribution in [1.29, 1.82) is 0 Å². The van der Waals surface area contributed by atoms with Gasteiger partial charge in [0.1, 0.15) is 0 Å². The Kier molecular flexibility index (Phi) is 5.32. The maximum Gasteiger partial charge on any atom is 0.258 e. The third-order valence-electron chi connectivity index (χ3n) is 6.04. The van der Waals surface area contributed by atoms with E-state index in [1.165, 1.54) is 16.7 Å². The second-order valence-corrected chi connectivity index (χ2v) is 9.35. The number of anilines is 1. The van der Waals surface area contributed by atoms with Gasteiger partial charge in [0, 0.05) is 21.9 Å². The lowest BCUT2D eigenvalue weighted by Gasteiger charge is -2.10. The van der Waals surface area contributed by atoms with E-state index in [4.69, 9.17) is 9.97 Å². The van der Waals surface area contributed by atoms with Gasteiger partial charge in [0.2, 0.25) is 0 Å². The maximum absolute atomic E-state index is 13.4. The van der Waals surface area contributed by atoms with Gasteiger partial charge in [-0.3, -0.25) is 10.1 Å². The van der Waals surface area contributed by atoms with Crippen LogP contribution in [0.1, 0.15) is 15.9 Å². The average molecular weight is 472 g/mol. The highest BCUT2D eigenvalue weighted by Gasteiger charge is 2.16. The van der Waals surface area contributed by atoms with Crippen LogP contribution >= 0.6 is 11.3 Å². The highest BCUT2D eigenvalue weighted by molar-refractivity contribution is 7.14. The average Bonchev–Trinajstić information content (AvgIpc) is 3.36. The topological polar surface area (TPSA) is 54.9 Å². The quantitative estimate of drug-likeness (QED) is 0.286. The first-order chi connectivity index (χ1) is 17.1. The van der Waals surface area contributed by atoms with Crippen LogP contribution in [0.15, 0.2) is 102 Å². The number of rotatable bonds is 4. The summed E-state index contributed by atoms with van der Waals surface area (Å²) in [7, 11) is 0. The van der Waals surface area contributed by atoms with E-state index in [1.807, 2.05) is 73.0 Å². The molecule has 6 aromatic rings. The number of nitrogens with one attached hydrogen (secondary N) is 1. The van der Waals surface area contributed by atoms with Crippen molar-refractivity contribution < 1.29 is 4.79 Å². The van der Waals surface area contributed by atoms with E-state index in [-0.39, 0.29) is 5.91 Å². The number of carbonyl (C=O) groups is 1. The first-order valence-corrected chi connectivity index (χ1v) is 12.2. The molecule has 0 spiro atoms. The van der Waals surface area contributed by atoms with Gasteiger partial charge in [-0.15, -0.1) is 11.3 Å². The molecule has 6 rings (SSSR count). The number of hydrogen-bond acceptors (Lipinski definition) is 4. The smallest absolute Gasteiger partial charge is 0.258 e. The number of thiazole rings is 1. The van der Waals surface area contributed by atoms with Crippen LogP contribution in [0.5, 0.6) is 0 Å². The van der Waals surface area contributed by atoms with Crippen molar-refractivity contribution in [2.24, 2.45) is 0 Å². The van der Waals surface area contributed by atoms with E-state index in [9.17, 15) is 4.79 Å². The third kappa shape index (κ3) is 4.18. The van der Waals surface area contributed by atoms with E-state index in [2.05, 4.69) is 41.7 Å². The summed E-state index contributed by atoms with van der Waals surface area (Å²) in [6, 6.07) is 32.3. The Hall–Kier alpha value is -4.35. The van der Waals surface area contributed by atoms with Gasteiger partial charge in [0.05, 0.1) is 22.5 Å². The molecule has 0 fully saturated rings. The Bertz CT molecular complexity index is 1720. The number of fused-ring (bicyclic) bond motifs is 2. The van der Waals surface area contributed by atoms with Crippen molar-refractivity contribution in [2.75, 3.05) is 5.32 Å². The van der Waals surface area contributed by atoms with E-state index < -0.39 is 0 Å². The zero-order valence-corrected chi connectivity index (χ0v) is 19.8. The van der Waals surface area contributed by atoms with Gasteiger partial charge in [-0.2, -0.15) is 0 Å². The van der Waals surface area contributed by atoms with Crippen LogP contribution in [0.25, 0.3) is 44.2 Å². The van der Waals surface area contributed by atoms with Crippen molar-refractivity contribution >= 4 is 44.1 Å². The Morgan fingerprint density at radius 1 is 0.743 bits per heavy atom. The summed E-state index contributed by atoms with van der Waals surface area (Å²) >= 11 is 1.42. The standard InChI is InChI=1S/C30H21N3OS/c1-19-7-6-10-22(15-19)27-17-25(24-11-4-5-12-26(24)31-27)29(34)33-30-32-28(18-35-30)23-14-13-20-8-2-3-9-21(20)16-23/h2-18H,1H3,(H,32,33,34). The lowest BCUT2D eigenvalue weighted by atomic mass is 10.0. The van der Waals surface area contributed by atoms with Crippen molar-refractivity contribution in [1.82, 2.24) is 9.97 Å². The summed E-state index contributed by atoms with van der Waals surface area (Å²) in [6.07, 6.45) is 0. The zero-order valence-electron chi connectivity index (χ0n) is 19.0. The van der Waals surface area contributed by atoms with E-state index in [0.29, 0.717) is 10.7 Å². The number of nitrogens with zero attached hydrogens (tertiary/aromatic N) is 2. The second kappa shape index (κ2) is 8.78. The van der Waals surface area contributed by atoms with Gasteiger partial charge in [-0.1, -0.05) is 78.4 Å². The lowest BCUT2D eigenvalue weighted by Crippen LogP contribution is -2.13. The van der Waals surface area contributed by atoms with Crippen LogP contribution in [0, 0.1) is 6.92 Å². The molecule has 0 bridgehead atoms. The molecule has 1 N–H and O–H groups in total. The molecule has 35 heavy (non-hydrogen) atoms. The highest BCUT2D eigenvalue weighted by Crippen LogP contribution is 2.30. The largest absolute Gasteiger partial charge is 0.298 e. The summed E-state index contributed by atoms with van der Waals surface area (Å²) in [6.45, 7) is 2.05. The second-order valence-electron chi connectivity index (χ2n) is 8.50. The molecule has 0 unspecified atom stereocenters. The van der Waals surface area contributed by atoms with Gasteiger partial charge in [-0.25, -0.2) is 9.97 Å². The molecule has 4 aromatic carbocycles. The maximum atomic E-state index is 13.4. The van der Waals surface area contributed by atoms with E-state index >= 15 is 0 Å². The number of pyridine rings is 1. The zero-order chi connectivity index (χ0) is 23.8. The number of aryl methyl sites for hydroxylation is 1. The van der Waals surface area contributed by atoms with Crippen molar-refractivity contribution in [3.8, 4) is 22.5 Å². The summed E-state index contributed by atoms with van der Waals surface area (Å²) < 4.78 is 0. The Morgan fingerprint density at radius 3 is 2.43 bits per heavy atom. The molecule has 0 aliphatic rings. The van der Waals surface area contributed by atoms with E-state index in [1.54, 1.807) is 0 Å². The van der Waals surface area contributed by atoms with Gasteiger partial charge >= 0.3 is 0 Å². The lowest BCUT2D eigenvalue weighted by molar-refractivity contribution is 0.102. The van der Waals surface area contributed by atoms with Crippen LogP contribution in [0.2, 0.25) is 0 Å². The SMILES string of the molecule is Cc1cccc(-c2cc(C(=O)Nc3nc(-c4ccc5ccccc5c4)cs3)c3ccccc3n2)c1. The number of hydrogen-bond donors (Lipinski definition) is 1. The summed E-state index contributed by atoms with van der Waals surface area (Å²) in [4.78, 5) is 22.9. The molecule has 0 radical (unpaired) electrons. The fraction of sp³-hybridized carbons (Fsp3) is 0.0333. The summed E-state index contributed by atoms with van der Waals surface area (Å²) in [5, 5.41) is 8.71. The molecule has 5 heteroatoms. The molecule has 2 heterocycles. The number of benzene rings is 4. The highest BCUT2D eigenvalue weighted by atomic mass is 32.1. The first kappa shape index (κ1) is 21.2. The normalized spacial score (nSPS) is 11.1. The van der Waals surface area contributed by atoms with Crippen molar-refractivity contribution in [3.05, 3.63) is 114 Å². The molecule has 4 nitrogen and oxygen atoms in total. The summed E-state index contributed by atoms with van der Waals surface area (Å²) in [5.74, 6) is -0.197. The molecule has 1 amide bonds. The van der Waals surface area contributed by atoms with Crippen molar-refractivity contribution in [3.63, 3.8) is 0 Å². The Morgan fingerprint density at radius 2 is 1.54 bits per heavy atom. The molecular weight excluding hydrogens is 450 g/mol. The molecule has 2 aromatic heterocycles. The Balaban J connectivity index is 1.34. The van der Waals surface area contributed by atoms with Gasteiger partial charge in [-0.05, 0) is 42.0 Å². The molecule has 0 saturated heterocycles.